The first-order valence-corrected chi connectivity index (χ1v) is 9.44. The minimum absolute atomic E-state index is 0.367. The van der Waals surface area contributed by atoms with Crippen LogP contribution in [0.5, 0.6) is 0 Å². The van der Waals surface area contributed by atoms with Crippen molar-refractivity contribution in [2.24, 2.45) is 0 Å². The second-order valence-corrected chi connectivity index (χ2v) is 7.54. The lowest BCUT2D eigenvalue weighted by atomic mass is 9.98. The molecule has 1 saturated heterocycles. The molecule has 0 saturated carbocycles. The van der Waals surface area contributed by atoms with Crippen molar-refractivity contribution >= 4 is 11.8 Å². The fraction of sp³-hybridized carbons (Fsp3) is 0.409. The van der Waals surface area contributed by atoms with Gasteiger partial charge in [0.2, 0.25) is 0 Å². The zero-order chi connectivity index (χ0) is 19.6. The number of nitrogens with zero attached hydrogens (tertiary/aromatic N) is 2. The van der Waals surface area contributed by atoms with E-state index in [1.165, 1.54) is 17.0 Å². The molecule has 144 valence electrons. The summed E-state index contributed by atoms with van der Waals surface area (Å²) in [5.41, 5.74) is 4.12. The summed E-state index contributed by atoms with van der Waals surface area (Å²) in [5, 5.41) is 9.83. The van der Waals surface area contributed by atoms with Gasteiger partial charge in [-0.3, -0.25) is 4.90 Å². The molecule has 1 N–H and O–H groups in total. The molecular weight excluding hydrogens is 343 g/mol. The number of hydrogen-bond acceptors (Lipinski definition) is 2. The van der Waals surface area contributed by atoms with Gasteiger partial charge in [0, 0.05) is 18.2 Å². The Labute approximate surface area is 160 Å². The van der Waals surface area contributed by atoms with Crippen LogP contribution in [0.1, 0.15) is 30.4 Å². The highest BCUT2D eigenvalue weighted by Crippen LogP contribution is 2.33. The van der Waals surface area contributed by atoms with Crippen molar-refractivity contribution in [2.75, 3.05) is 25.0 Å². The summed E-state index contributed by atoms with van der Waals surface area (Å²) in [4.78, 5) is 15.7. The molecule has 0 aromatic heterocycles. The van der Waals surface area contributed by atoms with E-state index in [-0.39, 0.29) is 5.82 Å². The number of halogens is 1. The lowest BCUT2D eigenvalue weighted by Crippen LogP contribution is -2.35. The summed E-state index contributed by atoms with van der Waals surface area (Å²) < 4.78 is 14.0. The minimum atomic E-state index is -1.01. The van der Waals surface area contributed by atoms with Gasteiger partial charge >= 0.3 is 6.09 Å². The summed E-state index contributed by atoms with van der Waals surface area (Å²) >= 11 is 0. The van der Waals surface area contributed by atoms with Crippen molar-refractivity contribution in [3.63, 3.8) is 0 Å². The van der Waals surface area contributed by atoms with Gasteiger partial charge in [-0.25, -0.2) is 9.18 Å². The number of hydrogen-bond donors (Lipinski definition) is 1. The third-order valence-electron chi connectivity index (χ3n) is 5.37. The summed E-state index contributed by atoms with van der Waals surface area (Å²) in [6, 6.07) is 10.7. The van der Waals surface area contributed by atoms with E-state index in [4.69, 9.17) is 0 Å². The van der Waals surface area contributed by atoms with Crippen LogP contribution in [0.4, 0.5) is 14.9 Å². The molecule has 0 bridgehead atoms. The summed E-state index contributed by atoms with van der Waals surface area (Å²) in [6.07, 6.45) is 2.01. The fourth-order valence-electron chi connectivity index (χ4n) is 4.05. The van der Waals surface area contributed by atoms with E-state index in [0.29, 0.717) is 23.8 Å². The number of rotatable bonds is 5. The standard InChI is InChI=1S/C22H27FN2O2/c1-15-11-16(2)13-17(12-15)20-14-18(23)6-7-21(20)25(22(26)27)10-8-19-5-4-9-24(19)3/h6-7,11-14,19H,4-5,8-10H2,1-3H3,(H,26,27). The second kappa shape index (κ2) is 8.09. The zero-order valence-electron chi connectivity index (χ0n) is 16.2. The lowest BCUT2D eigenvalue weighted by molar-refractivity contribution is 0.200. The van der Waals surface area contributed by atoms with Crippen molar-refractivity contribution in [3.8, 4) is 11.1 Å². The molecule has 0 aliphatic carbocycles. The Morgan fingerprint density at radius 3 is 2.52 bits per heavy atom. The number of carboxylic acid groups (broad SMARTS) is 1. The lowest BCUT2D eigenvalue weighted by Gasteiger charge is -2.26. The van der Waals surface area contributed by atoms with E-state index in [2.05, 4.69) is 11.9 Å². The molecule has 1 unspecified atom stereocenters. The molecule has 0 spiro atoms. The molecule has 27 heavy (non-hydrogen) atoms. The second-order valence-electron chi connectivity index (χ2n) is 7.54. The van der Waals surface area contributed by atoms with E-state index < -0.39 is 6.09 Å². The van der Waals surface area contributed by atoms with Gasteiger partial charge in [0.05, 0.1) is 5.69 Å². The normalized spacial score (nSPS) is 17.3. The largest absolute Gasteiger partial charge is 0.465 e. The highest BCUT2D eigenvalue weighted by molar-refractivity contribution is 5.93. The van der Waals surface area contributed by atoms with Gasteiger partial charge in [-0.1, -0.05) is 29.3 Å². The Morgan fingerprint density at radius 1 is 1.22 bits per heavy atom. The highest BCUT2D eigenvalue weighted by atomic mass is 19.1. The van der Waals surface area contributed by atoms with E-state index in [1.807, 2.05) is 32.0 Å². The zero-order valence-corrected chi connectivity index (χ0v) is 16.2. The van der Waals surface area contributed by atoms with E-state index in [9.17, 15) is 14.3 Å². The molecule has 5 heteroatoms. The Kier molecular flexibility index (Phi) is 5.80. The fourth-order valence-corrected chi connectivity index (χ4v) is 4.05. The Morgan fingerprint density at radius 2 is 1.93 bits per heavy atom. The van der Waals surface area contributed by atoms with Crippen LogP contribution >= 0.6 is 0 Å². The Balaban J connectivity index is 1.96. The van der Waals surface area contributed by atoms with Gasteiger partial charge in [0.25, 0.3) is 0 Å². The van der Waals surface area contributed by atoms with Crippen LogP contribution in [0.2, 0.25) is 0 Å². The molecule has 2 aromatic carbocycles. The van der Waals surface area contributed by atoms with Crippen LogP contribution in [0.15, 0.2) is 36.4 Å². The SMILES string of the molecule is Cc1cc(C)cc(-c2cc(F)ccc2N(CCC2CCCN2C)C(=O)O)c1. The molecule has 1 aliphatic heterocycles. The number of aryl methyl sites for hydroxylation is 2. The maximum atomic E-state index is 14.0. The van der Waals surface area contributed by atoms with Crippen LogP contribution in [0.25, 0.3) is 11.1 Å². The molecule has 1 amide bonds. The van der Waals surface area contributed by atoms with Crippen molar-refractivity contribution in [2.45, 2.75) is 39.2 Å². The predicted octanol–water partition coefficient (Wildman–Crippen LogP) is 5.08. The van der Waals surface area contributed by atoms with E-state index in [1.54, 1.807) is 6.07 Å². The van der Waals surface area contributed by atoms with Crippen LogP contribution < -0.4 is 4.90 Å². The average Bonchev–Trinajstić information content (AvgIpc) is 3.00. The summed E-state index contributed by atoms with van der Waals surface area (Å²) in [6.45, 7) is 5.43. The van der Waals surface area contributed by atoms with E-state index in [0.717, 1.165) is 42.5 Å². The third kappa shape index (κ3) is 4.48. The molecule has 1 fully saturated rings. The van der Waals surface area contributed by atoms with Gasteiger partial charge in [0.1, 0.15) is 5.82 Å². The van der Waals surface area contributed by atoms with Crippen LogP contribution in [-0.4, -0.2) is 42.3 Å². The van der Waals surface area contributed by atoms with Gasteiger partial charge in [-0.2, -0.15) is 0 Å². The Bertz CT molecular complexity index is 817. The quantitative estimate of drug-likeness (QED) is 0.798. The molecule has 0 radical (unpaired) electrons. The van der Waals surface area contributed by atoms with Crippen LogP contribution in [0.3, 0.4) is 0 Å². The first-order chi connectivity index (χ1) is 12.8. The molecule has 1 atom stereocenters. The molecule has 1 aliphatic rings. The molecular formula is C22H27FN2O2. The van der Waals surface area contributed by atoms with Crippen LogP contribution in [0, 0.1) is 19.7 Å². The van der Waals surface area contributed by atoms with Crippen molar-refractivity contribution < 1.29 is 14.3 Å². The van der Waals surface area contributed by atoms with Gasteiger partial charge in [-0.15, -0.1) is 0 Å². The molecule has 3 rings (SSSR count). The van der Waals surface area contributed by atoms with Crippen molar-refractivity contribution in [1.82, 2.24) is 4.90 Å². The van der Waals surface area contributed by atoms with Gasteiger partial charge < -0.3 is 10.0 Å². The summed E-state index contributed by atoms with van der Waals surface area (Å²) in [5.74, 6) is -0.367. The van der Waals surface area contributed by atoms with Crippen molar-refractivity contribution in [3.05, 3.63) is 53.3 Å². The van der Waals surface area contributed by atoms with E-state index >= 15 is 0 Å². The van der Waals surface area contributed by atoms with Gasteiger partial charge in [-0.05, 0) is 70.5 Å². The first kappa shape index (κ1) is 19.4. The topological polar surface area (TPSA) is 43.8 Å². The third-order valence-corrected chi connectivity index (χ3v) is 5.37. The number of anilines is 1. The highest BCUT2D eigenvalue weighted by Gasteiger charge is 2.25. The van der Waals surface area contributed by atoms with Crippen LogP contribution in [-0.2, 0) is 0 Å². The smallest absolute Gasteiger partial charge is 0.411 e. The number of likely N-dealkylation sites (tertiary alicyclic amines) is 1. The maximum absolute atomic E-state index is 14.0. The van der Waals surface area contributed by atoms with Gasteiger partial charge in [0.15, 0.2) is 0 Å². The maximum Gasteiger partial charge on any atom is 0.411 e. The first-order valence-electron chi connectivity index (χ1n) is 9.44. The number of carbonyl (C=O) groups is 1. The molecule has 1 heterocycles. The average molecular weight is 370 g/mol. The monoisotopic (exact) mass is 370 g/mol. The molecule has 4 nitrogen and oxygen atoms in total. The number of benzene rings is 2. The predicted molar refractivity (Wildman–Crippen MR) is 107 cm³/mol. The minimum Gasteiger partial charge on any atom is -0.465 e. The number of amides is 1. The molecule has 2 aromatic rings. The summed E-state index contributed by atoms with van der Waals surface area (Å²) in [7, 11) is 2.08. The Hall–Kier alpha value is -2.40. The van der Waals surface area contributed by atoms with Crippen molar-refractivity contribution in [1.29, 1.82) is 0 Å².